The van der Waals surface area contributed by atoms with E-state index in [2.05, 4.69) is 20.3 Å². The predicted octanol–water partition coefficient (Wildman–Crippen LogP) is 5.22. The second-order valence-electron chi connectivity index (χ2n) is 8.30. The number of rotatable bonds is 5. The number of hydrogen-bond donors (Lipinski definition) is 3. The van der Waals surface area contributed by atoms with E-state index in [-0.39, 0.29) is 5.78 Å². The summed E-state index contributed by atoms with van der Waals surface area (Å²) in [6.45, 7) is 5.51. The Bertz CT molecular complexity index is 1270. The number of anilines is 3. The second kappa shape index (κ2) is 8.14. The van der Waals surface area contributed by atoms with Crippen LogP contribution >= 0.6 is 0 Å². The van der Waals surface area contributed by atoms with Gasteiger partial charge in [0.05, 0.1) is 10.9 Å². The van der Waals surface area contributed by atoms with Gasteiger partial charge in [0.1, 0.15) is 17.8 Å². The van der Waals surface area contributed by atoms with E-state index in [9.17, 15) is 14.7 Å². The number of hydrogen-bond acceptors (Lipinski definition) is 5. The van der Waals surface area contributed by atoms with E-state index >= 15 is 0 Å². The average molecular weight is 429 g/mol. The molecule has 8 heteroatoms. The molecule has 0 unspecified atom stereocenters. The van der Waals surface area contributed by atoms with Crippen LogP contribution in [0.4, 0.5) is 22.0 Å². The first-order valence-corrected chi connectivity index (χ1v) is 10.1. The molecule has 2 aromatic heterocycles. The average Bonchev–Trinajstić information content (AvgIpc) is 3.19. The molecule has 0 saturated carbocycles. The maximum atomic E-state index is 13.0. The quantitative estimate of drug-likeness (QED) is 0.375. The summed E-state index contributed by atoms with van der Waals surface area (Å²) >= 11 is 0. The summed E-state index contributed by atoms with van der Waals surface area (Å²) < 4.78 is 0. The van der Waals surface area contributed by atoms with Crippen molar-refractivity contribution in [1.82, 2.24) is 15.0 Å². The molecule has 162 valence electrons. The number of ketones is 1. The fourth-order valence-corrected chi connectivity index (χ4v) is 3.60. The molecule has 1 amide bonds. The summed E-state index contributed by atoms with van der Waals surface area (Å²) in [6, 6.07) is 16.0. The zero-order valence-electron chi connectivity index (χ0n) is 18.0. The van der Waals surface area contributed by atoms with Crippen LogP contribution in [0.3, 0.4) is 0 Å². The van der Waals surface area contributed by atoms with Gasteiger partial charge in [0, 0.05) is 28.7 Å². The van der Waals surface area contributed by atoms with Crippen molar-refractivity contribution in [3.05, 3.63) is 78.2 Å². The minimum atomic E-state index is -1.02. The van der Waals surface area contributed by atoms with Gasteiger partial charge >= 0.3 is 6.09 Å². The van der Waals surface area contributed by atoms with E-state index in [1.165, 1.54) is 11.2 Å². The van der Waals surface area contributed by atoms with Crippen molar-refractivity contribution in [3.63, 3.8) is 0 Å². The van der Waals surface area contributed by atoms with Crippen molar-refractivity contribution in [2.75, 3.05) is 10.2 Å². The zero-order valence-corrected chi connectivity index (χ0v) is 18.0. The summed E-state index contributed by atoms with van der Waals surface area (Å²) in [5.41, 5.74) is 2.26. The number of nitrogens with one attached hydrogen (secondary N) is 2. The monoisotopic (exact) mass is 429 g/mol. The van der Waals surface area contributed by atoms with Gasteiger partial charge in [-0.2, -0.15) is 0 Å². The molecule has 0 spiro atoms. The molecule has 0 atom stereocenters. The van der Waals surface area contributed by atoms with Crippen LogP contribution in [-0.4, -0.2) is 37.5 Å². The summed E-state index contributed by atoms with van der Waals surface area (Å²) in [6.07, 6.45) is 2.03. The first kappa shape index (κ1) is 21.0. The van der Waals surface area contributed by atoms with E-state index in [1.54, 1.807) is 42.6 Å². The minimum absolute atomic E-state index is 0.132. The van der Waals surface area contributed by atoms with Crippen LogP contribution in [0.1, 0.15) is 36.7 Å². The highest BCUT2D eigenvalue weighted by atomic mass is 16.4. The highest BCUT2D eigenvalue weighted by Gasteiger charge is 2.27. The minimum Gasteiger partial charge on any atom is -0.465 e. The molecule has 4 rings (SSSR count). The van der Waals surface area contributed by atoms with E-state index in [0.717, 1.165) is 0 Å². The normalized spacial score (nSPS) is 11.3. The predicted molar refractivity (Wildman–Crippen MR) is 124 cm³/mol. The van der Waals surface area contributed by atoms with Crippen molar-refractivity contribution in [2.45, 2.75) is 26.3 Å². The lowest BCUT2D eigenvalue weighted by atomic mass is 10.0. The van der Waals surface area contributed by atoms with Crippen LogP contribution < -0.4 is 10.2 Å². The van der Waals surface area contributed by atoms with Crippen molar-refractivity contribution < 1.29 is 14.7 Å². The van der Waals surface area contributed by atoms with Crippen LogP contribution in [0.5, 0.6) is 0 Å². The maximum absolute atomic E-state index is 13.0. The summed E-state index contributed by atoms with van der Waals surface area (Å²) in [4.78, 5) is 37.7. The van der Waals surface area contributed by atoms with Crippen LogP contribution in [0.2, 0.25) is 0 Å². The Morgan fingerprint density at radius 2 is 1.69 bits per heavy atom. The smallest absolute Gasteiger partial charge is 0.412 e. The van der Waals surface area contributed by atoms with Crippen LogP contribution in [-0.2, 0) is 0 Å². The fourth-order valence-electron chi connectivity index (χ4n) is 3.60. The molecular weight excluding hydrogens is 406 g/mol. The second-order valence-corrected chi connectivity index (χ2v) is 8.30. The van der Waals surface area contributed by atoms with E-state index < -0.39 is 11.6 Å². The summed E-state index contributed by atoms with van der Waals surface area (Å²) in [5.74, 6) is 0.349. The molecule has 0 fully saturated rings. The van der Waals surface area contributed by atoms with Gasteiger partial charge in [-0.15, -0.1) is 0 Å². The van der Waals surface area contributed by atoms with Gasteiger partial charge in [-0.25, -0.2) is 14.8 Å². The molecule has 4 aromatic rings. The number of benzene rings is 2. The SMILES string of the molecule is CC(C)(C)N(C(=O)O)c1ccc(Nc2ncnc3[nH]cc(C(=O)c4ccccc4)c23)cc1. The lowest BCUT2D eigenvalue weighted by molar-refractivity contribution is 0.104. The van der Waals surface area contributed by atoms with Gasteiger partial charge in [0.2, 0.25) is 0 Å². The molecular formula is C24H23N5O3. The Morgan fingerprint density at radius 3 is 2.31 bits per heavy atom. The molecule has 0 aliphatic heterocycles. The summed E-state index contributed by atoms with van der Waals surface area (Å²) in [7, 11) is 0. The van der Waals surface area contributed by atoms with Gasteiger partial charge in [0.15, 0.2) is 5.78 Å². The fraction of sp³-hybridized carbons (Fsp3) is 0.167. The van der Waals surface area contributed by atoms with E-state index in [1.807, 2.05) is 39.0 Å². The van der Waals surface area contributed by atoms with Crippen LogP contribution in [0, 0.1) is 0 Å². The van der Waals surface area contributed by atoms with Crippen molar-refractivity contribution in [2.24, 2.45) is 0 Å². The number of carbonyl (C=O) groups is 2. The molecule has 0 bridgehead atoms. The Morgan fingerprint density at radius 1 is 1.00 bits per heavy atom. The molecule has 3 N–H and O–H groups in total. The van der Waals surface area contributed by atoms with Crippen molar-refractivity contribution in [3.8, 4) is 0 Å². The first-order chi connectivity index (χ1) is 15.3. The number of aromatic amines is 1. The first-order valence-electron chi connectivity index (χ1n) is 10.1. The molecule has 0 saturated heterocycles. The number of fused-ring (bicyclic) bond motifs is 1. The van der Waals surface area contributed by atoms with Crippen molar-refractivity contribution >= 4 is 40.1 Å². The van der Waals surface area contributed by atoms with Gasteiger partial charge in [-0.05, 0) is 45.0 Å². The number of amides is 1. The van der Waals surface area contributed by atoms with Gasteiger partial charge in [-0.1, -0.05) is 30.3 Å². The molecule has 32 heavy (non-hydrogen) atoms. The van der Waals surface area contributed by atoms with Crippen molar-refractivity contribution in [1.29, 1.82) is 0 Å². The standard InChI is InChI=1S/C24H23N5O3/c1-24(2,3)29(23(31)32)17-11-9-16(10-12-17)28-22-19-18(13-25-21(19)26-14-27-22)20(30)15-7-5-4-6-8-15/h4-14H,1-3H3,(H,31,32)(H2,25,26,27,28). The van der Waals surface area contributed by atoms with Crippen LogP contribution in [0.15, 0.2) is 67.1 Å². The van der Waals surface area contributed by atoms with E-state index in [4.69, 9.17) is 0 Å². The Balaban J connectivity index is 1.67. The molecule has 2 heterocycles. The number of aromatic nitrogens is 3. The molecule has 0 aliphatic rings. The largest absolute Gasteiger partial charge is 0.465 e. The van der Waals surface area contributed by atoms with E-state index in [0.29, 0.717) is 39.4 Å². The Kier molecular flexibility index (Phi) is 5.36. The van der Waals surface area contributed by atoms with Gasteiger partial charge in [0.25, 0.3) is 0 Å². The number of H-pyrrole nitrogens is 1. The number of nitrogens with zero attached hydrogens (tertiary/aromatic N) is 3. The third-order valence-electron chi connectivity index (χ3n) is 5.00. The topological polar surface area (TPSA) is 111 Å². The number of carbonyl (C=O) groups excluding carboxylic acids is 1. The summed E-state index contributed by atoms with van der Waals surface area (Å²) in [5, 5.41) is 13.4. The van der Waals surface area contributed by atoms with Gasteiger partial charge < -0.3 is 15.4 Å². The van der Waals surface area contributed by atoms with Crippen LogP contribution in [0.25, 0.3) is 11.0 Å². The molecule has 2 aromatic carbocycles. The lowest BCUT2D eigenvalue weighted by Crippen LogP contribution is -2.45. The zero-order chi connectivity index (χ0) is 22.9. The Hall–Kier alpha value is -4.20. The maximum Gasteiger partial charge on any atom is 0.412 e. The third-order valence-corrected chi connectivity index (χ3v) is 5.00. The lowest BCUT2D eigenvalue weighted by Gasteiger charge is -2.33. The Labute approximate surface area is 184 Å². The number of carboxylic acid groups (broad SMARTS) is 1. The third kappa shape index (κ3) is 4.02. The van der Waals surface area contributed by atoms with Gasteiger partial charge in [-0.3, -0.25) is 9.69 Å². The highest BCUT2D eigenvalue weighted by Crippen LogP contribution is 2.30. The molecule has 8 nitrogen and oxygen atoms in total. The molecule has 0 aliphatic carbocycles. The molecule has 0 radical (unpaired) electrons. The highest BCUT2D eigenvalue weighted by molar-refractivity contribution is 6.18.